The Balaban J connectivity index is 1.72. The van der Waals surface area contributed by atoms with Crippen molar-refractivity contribution in [2.45, 2.75) is 6.54 Å². The normalized spacial score (nSPS) is 15.4. The molecule has 1 aliphatic heterocycles. The third-order valence-electron chi connectivity index (χ3n) is 3.70. The van der Waals surface area contributed by atoms with Crippen molar-refractivity contribution in [2.75, 3.05) is 6.61 Å². The number of imide groups is 1. The highest BCUT2D eigenvalue weighted by molar-refractivity contribution is 6.13. The van der Waals surface area contributed by atoms with Gasteiger partial charge in [0.25, 0.3) is 5.91 Å². The van der Waals surface area contributed by atoms with Crippen LogP contribution in [0.3, 0.4) is 0 Å². The first-order chi connectivity index (χ1) is 12.2. The zero-order valence-corrected chi connectivity index (χ0v) is 13.6. The van der Waals surface area contributed by atoms with Gasteiger partial charge in [-0.2, -0.15) is 0 Å². The summed E-state index contributed by atoms with van der Waals surface area (Å²) in [5.74, 6) is 0.385. The third kappa shape index (κ3) is 3.95. The van der Waals surface area contributed by atoms with Gasteiger partial charge in [-0.3, -0.25) is 9.69 Å². The van der Waals surface area contributed by atoms with E-state index >= 15 is 0 Å². The number of carbonyl (C=O) groups is 2. The number of urea groups is 1. The number of ether oxygens (including phenoxy) is 1. The molecule has 0 atom stereocenters. The molecular formula is C20H18N2O3. The van der Waals surface area contributed by atoms with Crippen molar-refractivity contribution >= 4 is 18.0 Å². The van der Waals surface area contributed by atoms with Crippen molar-refractivity contribution in [1.29, 1.82) is 0 Å². The maximum Gasteiger partial charge on any atom is 0.329 e. The van der Waals surface area contributed by atoms with E-state index in [-0.39, 0.29) is 18.1 Å². The fourth-order valence-electron chi connectivity index (χ4n) is 2.46. The van der Waals surface area contributed by atoms with E-state index in [1.807, 2.05) is 42.5 Å². The second-order valence-electron chi connectivity index (χ2n) is 5.53. The first-order valence-corrected chi connectivity index (χ1v) is 7.89. The Morgan fingerprint density at radius 1 is 1.04 bits per heavy atom. The molecule has 1 N–H and O–H groups in total. The zero-order valence-electron chi connectivity index (χ0n) is 13.6. The number of amides is 3. The molecule has 5 nitrogen and oxygen atoms in total. The van der Waals surface area contributed by atoms with Crippen LogP contribution < -0.4 is 10.1 Å². The molecule has 0 spiro atoms. The largest absolute Gasteiger partial charge is 0.490 e. The summed E-state index contributed by atoms with van der Waals surface area (Å²) in [4.78, 5) is 25.8. The number of carbonyl (C=O) groups excluding carboxylic acids is 2. The number of hydrogen-bond donors (Lipinski definition) is 1. The van der Waals surface area contributed by atoms with Gasteiger partial charge >= 0.3 is 6.03 Å². The Labute approximate surface area is 146 Å². The average Bonchev–Trinajstić information content (AvgIpc) is 2.89. The molecule has 0 aliphatic carbocycles. The summed E-state index contributed by atoms with van der Waals surface area (Å²) in [6.45, 7) is 4.28. The van der Waals surface area contributed by atoms with Crippen LogP contribution in [0, 0.1) is 0 Å². The highest BCUT2D eigenvalue weighted by Gasteiger charge is 2.33. The summed E-state index contributed by atoms with van der Waals surface area (Å²) in [6.07, 6.45) is 3.33. The van der Waals surface area contributed by atoms with Crippen molar-refractivity contribution in [3.8, 4) is 5.75 Å². The predicted octanol–water partition coefficient (Wildman–Crippen LogP) is 3.34. The molecule has 1 fully saturated rings. The van der Waals surface area contributed by atoms with E-state index in [1.54, 1.807) is 24.3 Å². The summed E-state index contributed by atoms with van der Waals surface area (Å²) in [5, 5.41) is 2.63. The fourth-order valence-corrected chi connectivity index (χ4v) is 2.46. The lowest BCUT2D eigenvalue weighted by Gasteiger charge is -2.11. The van der Waals surface area contributed by atoms with E-state index in [0.717, 1.165) is 16.9 Å². The zero-order chi connectivity index (χ0) is 17.6. The maximum absolute atomic E-state index is 12.5. The van der Waals surface area contributed by atoms with Gasteiger partial charge in [0, 0.05) is 0 Å². The van der Waals surface area contributed by atoms with Crippen molar-refractivity contribution in [1.82, 2.24) is 10.2 Å². The molecule has 126 valence electrons. The monoisotopic (exact) mass is 334 g/mol. The summed E-state index contributed by atoms with van der Waals surface area (Å²) in [6, 6.07) is 16.2. The van der Waals surface area contributed by atoms with Gasteiger partial charge in [0.1, 0.15) is 18.1 Å². The van der Waals surface area contributed by atoms with Crippen molar-refractivity contribution in [3.05, 3.63) is 84.1 Å². The molecule has 0 aromatic heterocycles. The minimum atomic E-state index is -0.411. The standard InChI is InChI=1S/C20H18N2O3/c1-2-12-25-17-10-8-15(9-11-17)13-18-19(23)22(20(24)21-18)14-16-6-4-3-5-7-16/h2-11,13H,1,12,14H2,(H,21,24)/b18-13+. The fraction of sp³-hybridized carbons (Fsp3) is 0.100. The van der Waals surface area contributed by atoms with Gasteiger partial charge in [-0.15, -0.1) is 0 Å². The smallest absolute Gasteiger partial charge is 0.329 e. The Hall–Kier alpha value is -3.34. The number of rotatable bonds is 6. The van der Waals surface area contributed by atoms with E-state index in [9.17, 15) is 9.59 Å². The Morgan fingerprint density at radius 3 is 2.44 bits per heavy atom. The van der Waals surface area contributed by atoms with E-state index in [4.69, 9.17) is 4.74 Å². The van der Waals surface area contributed by atoms with E-state index in [2.05, 4.69) is 11.9 Å². The van der Waals surface area contributed by atoms with Crippen LogP contribution in [-0.4, -0.2) is 23.4 Å². The SMILES string of the molecule is C=CCOc1ccc(/C=C2/NC(=O)N(Cc3ccccc3)C2=O)cc1. The molecule has 1 heterocycles. The number of nitrogens with zero attached hydrogens (tertiary/aromatic N) is 1. The first kappa shape index (κ1) is 16.5. The number of nitrogens with one attached hydrogen (secondary N) is 1. The van der Waals surface area contributed by atoms with Crippen LogP contribution in [0.25, 0.3) is 6.08 Å². The minimum absolute atomic E-state index is 0.247. The van der Waals surface area contributed by atoms with Crippen molar-refractivity contribution in [2.24, 2.45) is 0 Å². The van der Waals surface area contributed by atoms with Gasteiger partial charge in [0.15, 0.2) is 0 Å². The highest BCUT2D eigenvalue weighted by atomic mass is 16.5. The van der Waals surface area contributed by atoms with Gasteiger partial charge in [0.2, 0.25) is 0 Å². The maximum atomic E-state index is 12.5. The Kier molecular flexibility index (Phi) is 4.95. The first-order valence-electron chi connectivity index (χ1n) is 7.89. The van der Waals surface area contributed by atoms with Gasteiger partial charge in [-0.05, 0) is 29.3 Å². The van der Waals surface area contributed by atoms with Gasteiger partial charge < -0.3 is 10.1 Å². The topological polar surface area (TPSA) is 58.6 Å². The molecule has 1 saturated heterocycles. The van der Waals surface area contributed by atoms with Crippen LogP contribution >= 0.6 is 0 Å². The van der Waals surface area contributed by atoms with Crippen molar-refractivity contribution < 1.29 is 14.3 Å². The lowest BCUT2D eigenvalue weighted by Crippen LogP contribution is -2.30. The molecule has 5 heteroatoms. The number of hydrogen-bond acceptors (Lipinski definition) is 3. The lowest BCUT2D eigenvalue weighted by atomic mass is 10.1. The lowest BCUT2D eigenvalue weighted by molar-refractivity contribution is -0.123. The summed E-state index contributed by atoms with van der Waals surface area (Å²) >= 11 is 0. The molecule has 25 heavy (non-hydrogen) atoms. The van der Waals surface area contributed by atoms with Crippen molar-refractivity contribution in [3.63, 3.8) is 0 Å². The van der Waals surface area contributed by atoms with E-state index < -0.39 is 6.03 Å². The number of benzene rings is 2. The van der Waals surface area contributed by atoms with Gasteiger partial charge in [-0.25, -0.2) is 4.79 Å². The van der Waals surface area contributed by atoms with Gasteiger partial charge in [0.05, 0.1) is 6.54 Å². The van der Waals surface area contributed by atoms with Crippen LogP contribution in [0.2, 0.25) is 0 Å². The molecular weight excluding hydrogens is 316 g/mol. The van der Waals surface area contributed by atoms with Crippen LogP contribution in [0.5, 0.6) is 5.75 Å². The van der Waals surface area contributed by atoms with E-state index in [0.29, 0.717) is 6.61 Å². The molecule has 2 aromatic rings. The molecule has 3 amide bonds. The molecule has 0 radical (unpaired) electrons. The third-order valence-corrected chi connectivity index (χ3v) is 3.70. The van der Waals surface area contributed by atoms with Crippen LogP contribution in [0.4, 0.5) is 4.79 Å². The summed E-state index contributed by atoms with van der Waals surface area (Å²) in [7, 11) is 0. The van der Waals surface area contributed by atoms with Crippen LogP contribution in [0.1, 0.15) is 11.1 Å². The molecule has 0 saturated carbocycles. The average molecular weight is 334 g/mol. The van der Waals surface area contributed by atoms with E-state index in [1.165, 1.54) is 4.90 Å². The summed E-state index contributed by atoms with van der Waals surface area (Å²) < 4.78 is 5.42. The molecule has 0 unspecified atom stereocenters. The summed E-state index contributed by atoms with van der Waals surface area (Å²) in [5.41, 5.74) is 1.97. The molecule has 2 aromatic carbocycles. The highest BCUT2D eigenvalue weighted by Crippen LogP contribution is 2.18. The Morgan fingerprint density at radius 2 is 1.76 bits per heavy atom. The predicted molar refractivity (Wildman–Crippen MR) is 95.6 cm³/mol. The van der Waals surface area contributed by atoms with Gasteiger partial charge in [-0.1, -0.05) is 55.1 Å². The van der Waals surface area contributed by atoms with Crippen LogP contribution in [0.15, 0.2) is 72.9 Å². The Bertz CT molecular complexity index is 811. The molecule has 3 rings (SSSR count). The molecule has 0 bridgehead atoms. The molecule has 1 aliphatic rings. The second-order valence-corrected chi connectivity index (χ2v) is 5.53. The van der Waals surface area contributed by atoms with Crippen LogP contribution in [-0.2, 0) is 11.3 Å². The second kappa shape index (κ2) is 7.49. The quantitative estimate of drug-likeness (QED) is 0.501. The minimum Gasteiger partial charge on any atom is -0.490 e.